The molecule has 2 unspecified atom stereocenters. The molecule has 1 aliphatic carbocycles. The van der Waals surface area contributed by atoms with Crippen LogP contribution in [0, 0.1) is 5.92 Å². The fourth-order valence-electron chi connectivity index (χ4n) is 1.91. The molecule has 0 bridgehead atoms. The predicted molar refractivity (Wildman–Crippen MR) is 56.4 cm³/mol. The molecule has 0 amide bonds. The van der Waals surface area contributed by atoms with E-state index in [-0.39, 0.29) is 10.9 Å². The molecule has 1 aromatic carbocycles. The van der Waals surface area contributed by atoms with Gasteiger partial charge in [-0.1, -0.05) is 17.7 Å². The van der Waals surface area contributed by atoms with Gasteiger partial charge in [-0.05, 0) is 42.5 Å². The van der Waals surface area contributed by atoms with Gasteiger partial charge < -0.3 is 5.73 Å². The van der Waals surface area contributed by atoms with Crippen LogP contribution in [0.4, 0.5) is 13.2 Å². The summed E-state index contributed by atoms with van der Waals surface area (Å²) in [7, 11) is 0. The topological polar surface area (TPSA) is 26.0 Å². The molecular formula is C11H11ClF3N. The van der Waals surface area contributed by atoms with E-state index in [1.54, 1.807) is 0 Å². The van der Waals surface area contributed by atoms with E-state index in [0.29, 0.717) is 12.5 Å². The molecule has 88 valence electrons. The van der Waals surface area contributed by atoms with Crippen molar-refractivity contribution in [3.8, 4) is 0 Å². The Morgan fingerprint density at radius 1 is 1.38 bits per heavy atom. The van der Waals surface area contributed by atoms with Gasteiger partial charge >= 0.3 is 6.18 Å². The Morgan fingerprint density at radius 2 is 2.06 bits per heavy atom. The van der Waals surface area contributed by atoms with Crippen LogP contribution in [0.2, 0.25) is 5.02 Å². The van der Waals surface area contributed by atoms with E-state index in [1.807, 2.05) is 0 Å². The highest BCUT2D eigenvalue weighted by Gasteiger charge is 2.38. The molecule has 2 N–H and O–H groups in total. The summed E-state index contributed by atoms with van der Waals surface area (Å²) in [6, 6.07) is 3.95. The molecule has 0 saturated heterocycles. The first-order valence-electron chi connectivity index (χ1n) is 5.00. The Balaban J connectivity index is 2.24. The van der Waals surface area contributed by atoms with Crippen molar-refractivity contribution in [3.63, 3.8) is 0 Å². The number of hydrogen-bond donors (Lipinski definition) is 1. The number of rotatable bonds is 2. The van der Waals surface area contributed by atoms with Gasteiger partial charge in [0.15, 0.2) is 0 Å². The summed E-state index contributed by atoms with van der Waals surface area (Å²) in [6.45, 7) is 0.573. The Bertz CT molecular complexity index is 403. The zero-order chi connectivity index (χ0) is 11.9. The molecule has 0 spiro atoms. The second-order valence-corrected chi connectivity index (χ2v) is 4.48. The van der Waals surface area contributed by atoms with Gasteiger partial charge in [0.25, 0.3) is 0 Å². The molecule has 2 atom stereocenters. The van der Waals surface area contributed by atoms with Crippen molar-refractivity contribution >= 4 is 11.6 Å². The van der Waals surface area contributed by atoms with Crippen LogP contribution in [0.5, 0.6) is 0 Å². The highest BCUT2D eigenvalue weighted by Crippen LogP contribution is 2.48. The van der Waals surface area contributed by atoms with Crippen molar-refractivity contribution in [2.45, 2.75) is 18.5 Å². The number of hydrogen-bond acceptors (Lipinski definition) is 1. The summed E-state index contributed by atoms with van der Waals surface area (Å²) >= 11 is 5.63. The van der Waals surface area contributed by atoms with Gasteiger partial charge in [-0.15, -0.1) is 0 Å². The minimum atomic E-state index is -4.38. The third-order valence-corrected chi connectivity index (χ3v) is 3.26. The van der Waals surface area contributed by atoms with E-state index in [1.165, 1.54) is 12.1 Å². The fourth-order valence-corrected chi connectivity index (χ4v) is 2.20. The van der Waals surface area contributed by atoms with Crippen LogP contribution in [0.15, 0.2) is 18.2 Å². The van der Waals surface area contributed by atoms with Crippen LogP contribution in [0.1, 0.15) is 23.5 Å². The Morgan fingerprint density at radius 3 is 2.50 bits per heavy atom. The standard InChI is InChI=1S/C11H11ClF3N/c12-10-4-6(8-3-7(8)5-16)1-2-9(10)11(13,14)15/h1-2,4,7-8H,3,5,16H2. The van der Waals surface area contributed by atoms with E-state index < -0.39 is 11.7 Å². The lowest BCUT2D eigenvalue weighted by Crippen LogP contribution is -2.06. The number of halogens is 4. The highest BCUT2D eigenvalue weighted by molar-refractivity contribution is 6.31. The number of nitrogens with two attached hydrogens (primary N) is 1. The van der Waals surface area contributed by atoms with Crippen molar-refractivity contribution in [2.75, 3.05) is 6.54 Å². The first-order chi connectivity index (χ1) is 7.43. The van der Waals surface area contributed by atoms with Crippen LogP contribution >= 0.6 is 11.6 Å². The lowest BCUT2D eigenvalue weighted by Gasteiger charge is -2.10. The Kier molecular flexibility index (Phi) is 2.88. The monoisotopic (exact) mass is 249 g/mol. The van der Waals surface area contributed by atoms with Gasteiger partial charge in [-0.2, -0.15) is 13.2 Å². The molecule has 2 rings (SSSR count). The maximum absolute atomic E-state index is 12.4. The molecular weight excluding hydrogens is 239 g/mol. The summed E-state index contributed by atoms with van der Waals surface area (Å²) in [5, 5.41) is -0.229. The summed E-state index contributed by atoms with van der Waals surface area (Å²) < 4.78 is 37.3. The van der Waals surface area contributed by atoms with Crippen molar-refractivity contribution in [2.24, 2.45) is 11.7 Å². The molecule has 1 fully saturated rings. The van der Waals surface area contributed by atoms with Gasteiger partial charge in [0, 0.05) is 0 Å². The second kappa shape index (κ2) is 3.93. The van der Waals surface area contributed by atoms with Gasteiger partial charge in [-0.3, -0.25) is 0 Å². The molecule has 0 radical (unpaired) electrons. The van der Waals surface area contributed by atoms with Gasteiger partial charge in [0.2, 0.25) is 0 Å². The van der Waals surface area contributed by atoms with Gasteiger partial charge in [-0.25, -0.2) is 0 Å². The van der Waals surface area contributed by atoms with Crippen molar-refractivity contribution < 1.29 is 13.2 Å². The lowest BCUT2D eigenvalue weighted by molar-refractivity contribution is -0.137. The number of alkyl halides is 3. The van der Waals surface area contributed by atoms with E-state index >= 15 is 0 Å². The van der Waals surface area contributed by atoms with Crippen LogP contribution in [0.25, 0.3) is 0 Å². The van der Waals surface area contributed by atoms with Crippen molar-refractivity contribution in [1.82, 2.24) is 0 Å². The molecule has 16 heavy (non-hydrogen) atoms. The zero-order valence-electron chi connectivity index (χ0n) is 8.39. The second-order valence-electron chi connectivity index (χ2n) is 4.08. The van der Waals surface area contributed by atoms with E-state index in [2.05, 4.69) is 0 Å². The van der Waals surface area contributed by atoms with Crippen LogP contribution in [-0.4, -0.2) is 6.54 Å². The van der Waals surface area contributed by atoms with Crippen molar-refractivity contribution in [1.29, 1.82) is 0 Å². The maximum Gasteiger partial charge on any atom is 0.417 e. The predicted octanol–water partition coefficient (Wildman–Crippen LogP) is 3.42. The number of benzene rings is 1. The molecule has 1 saturated carbocycles. The third-order valence-electron chi connectivity index (χ3n) is 2.95. The average Bonchev–Trinajstić information content (AvgIpc) is 2.94. The minimum Gasteiger partial charge on any atom is -0.330 e. The van der Waals surface area contributed by atoms with Gasteiger partial charge in [0.05, 0.1) is 10.6 Å². The van der Waals surface area contributed by atoms with E-state index in [4.69, 9.17) is 17.3 Å². The third kappa shape index (κ3) is 2.18. The minimum absolute atomic E-state index is 0.229. The van der Waals surface area contributed by atoms with Crippen LogP contribution < -0.4 is 5.73 Å². The fraction of sp³-hybridized carbons (Fsp3) is 0.455. The zero-order valence-corrected chi connectivity index (χ0v) is 9.15. The quantitative estimate of drug-likeness (QED) is 0.854. The smallest absolute Gasteiger partial charge is 0.330 e. The van der Waals surface area contributed by atoms with E-state index in [9.17, 15) is 13.2 Å². The molecule has 0 aliphatic heterocycles. The average molecular weight is 250 g/mol. The first-order valence-corrected chi connectivity index (χ1v) is 5.38. The summed E-state index contributed by atoms with van der Waals surface area (Å²) in [5.74, 6) is 0.678. The van der Waals surface area contributed by atoms with Crippen molar-refractivity contribution in [3.05, 3.63) is 34.3 Å². The van der Waals surface area contributed by atoms with Gasteiger partial charge in [0.1, 0.15) is 0 Å². The lowest BCUT2D eigenvalue weighted by atomic mass is 10.1. The normalized spacial score (nSPS) is 24.6. The Labute approximate surface area is 96.4 Å². The molecule has 0 heterocycles. The largest absolute Gasteiger partial charge is 0.417 e. The molecule has 5 heteroatoms. The Hall–Kier alpha value is -0.740. The van der Waals surface area contributed by atoms with Crippen LogP contribution in [-0.2, 0) is 6.18 Å². The SMILES string of the molecule is NCC1CC1c1ccc(C(F)(F)F)c(Cl)c1. The molecule has 1 aromatic rings. The highest BCUT2D eigenvalue weighted by atomic mass is 35.5. The molecule has 1 nitrogen and oxygen atoms in total. The molecule has 0 aromatic heterocycles. The summed E-state index contributed by atoms with van der Waals surface area (Å²) in [5.41, 5.74) is 5.57. The van der Waals surface area contributed by atoms with E-state index in [0.717, 1.165) is 18.1 Å². The summed E-state index contributed by atoms with van der Waals surface area (Å²) in [4.78, 5) is 0. The van der Waals surface area contributed by atoms with Crippen LogP contribution in [0.3, 0.4) is 0 Å². The first kappa shape index (κ1) is 11.7. The maximum atomic E-state index is 12.4. The summed E-state index contributed by atoms with van der Waals surface area (Å²) in [6.07, 6.45) is -3.44. The molecule has 1 aliphatic rings.